The van der Waals surface area contributed by atoms with Crippen LogP contribution in [0.25, 0.3) is 0 Å². The first-order chi connectivity index (χ1) is 8.56. The monoisotopic (exact) mass is 268 g/mol. The van der Waals surface area contributed by atoms with Crippen LogP contribution in [-0.2, 0) is 16.5 Å². The molecule has 1 aliphatic rings. The Balaban J connectivity index is 1.88. The standard InChI is InChI=1S/C13H19NO3S/c15-18(16,17)11-4-3-9-14-10-5-7-12-6-1-2-8-13(12)14/h1-2,6,8H,3-5,7,9-11H2,(H,15,16,17)/p-1. The molecule has 18 heavy (non-hydrogen) atoms. The van der Waals surface area contributed by atoms with Crippen molar-refractivity contribution in [2.75, 3.05) is 23.7 Å². The maximum Gasteiger partial charge on any atom is 0.0945 e. The van der Waals surface area contributed by atoms with Crippen LogP contribution in [0, 0.1) is 0 Å². The van der Waals surface area contributed by atoms with Gasteiger partial charge >= 0.3 is 0 Å². The molecule has 2 rings (SSSR count). The van der Waals surface area contributed by atoms with Crippen molar-refractivity contribution in [1.29, 1.82) is 0 Å². The second-order valence-corrected chi connectivity index (χ2v) is 6.21. The SMILES string of the molecule is O=S(=O)([O-])CCCCN1CCCc2ccccc21. The number of nitrogens with zero attached hydrogens (tertiary/aromatic N) is 1. The summed E-state index contributed by atoms with van der Waals surface area (Å²) in [6.45, 7) is 1.84. The lowest BCUT2D eigenvalue weighted by Gasteiger charge is -2.31. The van der Waals surface area contributed by atoms with Crippen molar-refractivity contribution in [3.8, 4) is 0 Å². The van der Waals surface area contributed by atoms with Crippen LogP contribution in [0.5, 0.6) is 0 Å². The van der Waals surface area contributed by atoms with Crippen LogP contribution >= 0.6 is 0 Å². The fourth-order valence-corrected chi connectivity index (χ4v) is 2.98. The highest BCUT2D eigenvalue weighted by Gasteiger charge is 2.15. The summed E-state index contributed by atoms with van der Waals surface area (Å²) in [4.78, 5) is 2.29. The number of rotatable bonds is 5. The molecule has 0 fully saturated rings. The largest absolute Gasteiger partial charge is 0.748 e. The minimum Gasteiger partial charge on any atom is -0.748 e. The van der Waals surface area contributed by atoms with Gasteiger partial charge in [0, 0.05) is 24.5 Å². The van der Waals surface area contributed by atoms with Crippen molar-refractivity contribution in [3.63, 3.8) is 0 Å². The summed E-state index contributed by atoms with van der Waals surface area (Å²) in [7, 11) is -4.06. The van der Waals surface area contributed by atoms with Crippen LogP contribution in [0.3, 0.4) is 0 Å². The number of fused-ring (bicyclic) bond motifs is 1. The van der Waals surface area contributed by atoms with Crippen LogP contribution in [-0.4, -0.2) is 31.8 Å². The van der Waals surface area contributed by atoms with Crippen LogP contribution in [0.15, 0.2) is 24.3 Å². The minimum absolute atomic E-state index is 0.248. The van der Waals surface area contributed by atoms with Crippen molar-refractivity contribution in [2.45, 2.75) is 25.7 Å². The first-order valence-corrected chi connectivity index (χ1v) is 7.90. The molecule has 0 aromatic heterocycles. The molecule has 0 aliphatic carbocycles. The van der Waals surface area contributed by atoms with Crippen molar-refractivity contribution in [1.82, 2.24) is 0 Å². The fourth-order valence-electron chi connectivity index (χ4n) is 2.43. The van der Waals surface area contributed by atoms with Gasteiger partial charge in [-0.15, -0.1) is 0 Å². The third kappa shape index (κ3) is 3.71. The molecule has 4 nitrogen and oxygen atoms in total. The van der Waals surface area contributed by atoms with Gasteiger partial charge in [0.15, 0.2) is 0 Å². The van der Waals surface area contributed by atoms with Gasteiger partial charge in [0.2, 0.25) is 0 Å². The number of hydrogen-bond donors (Lipinski definition) is 0. The van der Waals surface area contributed by atoms with E-state index in [4.69, 9.17) is 0 Å². The summed E-state index contributed by atoms with van der Waals surface area (Å²) < 4.78 is 31.5. The summed E-state index contributed by atoms with van der Waals surface area (Å²) in [5, 5.41) is 0. The van der Waals surface area contributed by atoms with Crippen LogP contribution in [0.1, 0.15) is 24.8 Å². The molecule has 1 heterocycles. The summed E-state index contributed by atoms with van der Waals surface area (Å²) in [6, 6.07) is 8.33. The van der Waals surface area contributed by atoms with E-state index in [1.165, 1.54) is 11.3 Å². The van der Waals surface area contributed by atoms with Gasteiger partial charge < -0.3 is 9.45 Å². The van der Waals surface area contributed by atoms with E-state index in [1.54, 1.807) is 0 Å². The molecule has 1 aliphatic heterocycles. The lowest BCUT2D eigenvalue weighted by molar-refractivity contribution is 0.460. The Morgan fingerprint density at radius 2 is 2.00 bits per heavy atom. The molecule has 1 aromatic rings. The Labute approximate surface area is 108 Å². The third-order valence-corrected chi connectivity index (χ3v) is 4.07. The Morgan fingerprint density at radius 1 is 1.22 bits per heavy atom. The van der Waals surface area contributed by atoms with Gasteiger partial charge in [0.1, 0.15) is 0 Å². The predicted molar refractivity (Wildman–Crippen MR) is 70.8 cm³/mol. The number of unbranched alkanes of at least 4 members (excludes halogenated alkanes) is 1. The van der Waals surface area contributed by atoms with E-state index in [9.17, 15) is 13.0 Å². The summed E-state index contributed by atoms with van der Waals surface area (Å²) >= 11 is 0. The average Bonchev–Trinajstić information content (AvgIpc) is 2.33. The number of hydrogen-bond acceptors (Lipinski definition) is 4. The van der Waals surface area contributed by atoms with Gasteiger partial charge in [-0.05, 0) is 37.3 Å². The van der Waals surface area contributed by atoms with Gasteiger partial charge in [0.05, 0.1) is 10.1 Å². The highest BCUT2D eigenvalue weighted by atomic mass is 32.2. The molecule has 0 spiro atoms. The molecule has 100 valence electrons. The zero-order chi connectivity index (χ0) is 13.0. The molecule has 0 N–H and O–H groups in total. The second kappa shape index (κ2) is 5.71. The molecule has 0 saturated carbocycles. The first kappa shape index (κ1) is 13.4. The van der Waals surface area contributed by atoms with Gasteiger partial charge in [-0.3, -0.25) is 0 Å². The Kier molecular flexibility index (Phi) is 4.24. The molecule has 0 radical (unpaired) electrons. The van der Waals surface area contributed by atoms with E-state index >= 15 is 0 Å². The van der Waals surface area contributed by atoms with Gasteiger partial charge in [-0.1, -0.05) is 18.2 Å². The number of para-hydroxylation sites is 1. The molecule has 0 bridgehead atoms. The molecule has 0 atom stereocenters. The van der Waals surface area contributed by atoms with E-state index in [1.807, 2.05) is 12.1 Å². The second-order valence-electron chi connectivity index (χ2n) is 4.69. The maximum absolute atomic E-state index is 10.5. The normalized spacial score (nSPS) is 15.5. The molecule has 5 heteroatoms. The molecular weight excluding hydrogens is 250 g/mol. The van der Waals surface area contributed by atoms with E-state index < -0.39 is 10.1 Å². The van der Waals surface area contributed by atoms with Gasteiger partial charge in [0.25, 0.3) is 0 Å². The average molecular weight is 268 g/mol. The first-order valence-electron chi connectivity index (χ1n) is 6.33. The summed E-state index contributed by atoms with van der Waals surface area (Å²) in [6.07, 6.45) is 3.44. The van der Waals surface area contributed by atoms with Crippen molar-refractivity contribution in [2.24, 2.45) is 0 Å². The number of benzene rings is 1. The Hall–Kier alpha value is -1.07. The highest BCUT2D eigenvalue weighted by Crippen LogP contribution is 2.26. The van der Waals surface area contributed by atoms with E-state index in [0.717, 1.165) is 32.4 Å². The zero-order valence-electron chi connectivity index (χ0n) is 10.3. The fraction of sp³-hybridized carbons (Fsp3) is 0.538. The molecule has 0 unspecified atom stereocenters. The van der Waals surface area contributed by atoms with Gasteiger partial charge in [-0.25, -0.2) is 8.42 Å². The molecule has 0 saturated heterocycles. The van der Waals surface area contributed by atoms with Crippen molar-refractivity contribution >= 4 is 15.8 Å². The van der Waals surface area contributed by atoms with E-state index in [2.05, 4.69) is 17.0 Å². The molecule has 0 amide bonds. The van der Waals surface area contributed by atoms with Crippen LogP contribution in [0.2, 0.25) is 0 Å². The highest BCUT2D eigenvalue weighted by molar-refractivity contribution is 7.85. The molecule has 1 aromatic carbocycles. The number of anilines is 1. The predicted octanol–water partition coefficient (Wildman–Crippen LogP) is 1.76. The summed E-state index contributed by atoms with van der Waals surface area (Å²) in [5.41, 5.74) is 2.62. The lowest BCUT2D eigenvalue weighted by Crippen LogP contribution is -2.30. The Morgan fingerprint density at radius 3 is 2.78 bits per heavy atom. The number of aryl methyl sites for hydroxylation is 1. The third-order valence-electron chi connectivity index (χ3n) is 3.28. The summed E-state index contributed by atoms with van der Waals surface area (Å²) in [5.74, 6) is -0.248. The van der Waals surface area contributed by atoms with E-state index in [-0.39, 0.29) is 5.75 Å². The smallest absolute Gasteiger partial charge is 0.0945 e. The Bertz CT molecular complexity index is 499. The van der Waals surface area contributed by atoms with Crippen LogP contribution < -0.4 is 4.90 Å². The topological polar surface area (TPSA) is 60.4 Å². The quantitative estimate of drug-likeness (QED) is 0.603. The maximum atomic E-state index is 10.5. The molecular formula is C13H18NO3S-. The lowest BCUT2D eigenvalue weighted by atomic mass is 10.0. The van der Waals surface area contributed by atoms with E-state index in [0.29, 0.717) is 6.42 Å². The van der Waals surface area contributed by atoms with Crippen LogP contribution in [0.4, 0.5) is 5.69 Å². The van der Waals surface area contributed by atoms with Crippen molar-refractivity contribution < 1.29 is 13.0 Å². The van der Waals surface area contributed by atoms with Crippen molar-refractivity contribution in [3.05, 3.63) is 29.8 Å². The minimum atomic E-state index is -4.06. The van der Waals surface area contributed by atoms with Gasteiger partial charge in [-0.2, -0.15) is 0 Å². The zero-order valence-corrected chi connectivity index (χ0v) is 11.2.